The summed E-state index contributed by atoms with van der Waals surface area (Å²) < 4.78 is 6.31. The summed E-state index contributed by atoms with van der Waals surface area (Å²) in [5.74, 6) is -0.600. The summed E-state index contributed by atoms with van der Waals surface area (Å²) in [6.07, 6.45) is 0. The van der Waals surface area contributed by atoms with Crippen molar-refractivity contribution in [2.75, 3.05) is 6.61 Å². The Morgan fingerprint density at radius 2 is 1.92 bits per heavy atom. The highest BCUT2D eigenvalue weighted by Crippen LogP contribution is 2.23. The number of hydrogen-bond donors (Lipinski definition) is 1. The van der Waals surface area contributed by atoms with E-state index in [0.717, 1.165) is 5.56 Å². The van der Waals surface area contributed by atoms with Gasteiger partial charge in [0.1, 0.15) is 11.6 Å². The van der Waals surface area contributed by atoms with Crippen LogP contribution in [0.2, 0.25) is 0 Å². The molecule has 0 amide bonds. The first-order valence-electron chi connectivity index (χ1n) is 8.07. The molecule has 1 N–H and O–H groups in total. The van der Waals surface area contributed by atoms with Gasteiger partial charge in [-0.1, -0.05) is 32.9 Å². The number of esters is 1. The van der Waals surface area contributed by atoms with Gasteiger partial charge in [0.25, 0.3) is 0 Å². The summed E-state index contributed by atoms with van der Waals surface area (Å²) in [7, 11) is 0. The van der Waals surface area contributed by atoms with Gasteiger partial charge in [0, 0.05) is 5.56 Å². The van der Waals surface area contributed by atoms with E-state index in [-0.39, 0.29) is 28.8 Å². The lowest BCUT2D eigenvalue weighted by Gasteiger charge is -2.19. The van der Waals surface area contributed by atoms with Crippen molar-refractivity contribution in [2.45, 2.75) is 40.0 Å². The number of nitrogens with one attached hydrogen (secondary N) is 1. The van der Waals surface area contributed by atoms with Crippen LogP contribution < -0.4 is 5.49 Å². The molecular formula is C19H22N4O2. The summed E-state index contributed by atoms with van der Waals surface area (Å²) >= 11 is 0. The first-order valence-corrected chi connectivity index (χ1v) is 8.07. The molecule has 1 aromatic carbocycles. The third kappa shape index (κ3) is 3.61. The zero-order valence-corrected chi connectivity index (χ0v) is 15.2. The van der Waals surface area contributed by atoms with Gasteiger partial charge in [-0.05, 0) is 37.0 Å². The number of carbonyl (C=O) groups excluding carboxylic acids is 1. The van der Waals surface area contributed by atoms with E-state index in [1.165, 1.54) is 4.68 Å². The van der Waals surface area contributed by atoms with E-state index in [4.69, 9.17) is 10.1 Å². The van der Waals surface area contributed by atoms with Crippen molar-refractivity contribution in [3.8, 4) is 11.8 Å². The minimum Gasteiger partial charge on any atom is -0.461 e. The van der Waals surface area contributed by atoms with Gasteiger partial charge in [0.2, 0.25) is 0 Å². The second-order valence-corrected chi connectivity index (χ2v) is 6.74. The highest BCUT2D eigenvalue weighted by Gasteiger charge is 2.20. The number of nitriles is 1. The Hall–Kier alpha value is -2.94. The summed E-state index contributed by atoms with van der Waals surface area (Å²) in [5, 5.41) is 21.9. The van der Waals surface area contributed by atoms with Crippen LogP contribution in [-0.2, 0) is 10.2 Å². The average Bonchev–Trinajstić information content (AvgIpc) is 2.55. The molecule has 0 radical (unpaired) electrons. The van der Waals surface area contributed by atoms with E-state index in [2.05, 4.69) is 25.9 Å². The van der Waals surface area contributed by atoms with Gasteiger partial charge >= 0.3 is 5.97 Å². The molecule has 25 heavy (non-hydrogen) atoms. The van der Waals surface area contributed by atoms with Crippen LogP contribution in [0.5, 0.6) is 0 Å². The minimum absolute atomic E-state index is 0.00159. The molecule has 2 aromatic rings. The van der Waals surface area contributed by atoms with E-state index in [9.17, 15) is 10.1 Å². The lowest BCUT2D eigenvalue weighted by Crippen LogP contribution is -2.29. The molecule has 0 saturated carbocycles. The second-order valence-electron chi connectivity index (χ2n) is 6.74. The molecule has 0 aliphatic carbocycles. The van der Waals surface area contributed by atoms with Crippen LogP contribution in [0, 0.1) is 23.7 Å². The Morgan fingerprint density at radius 3 is 2.40 bits per heavy atom. The van der Waals surface area contributed by atoms with Gasteiger partial charge in [0.05, 0.1) is 12.3 Å². The summed E-state index contributed by atoms with van der Waals surface area (Å²) in [6, 6.07) is 9.57. The molecular weight excluding hydrogens is 316 g/mol. The molecule has 0 bridgehead atoms. The molecule has 0 fully saturated rings. The van der Waals surface area contributed by atoms with Crippen molar-refractivity contribution in [3.05, 3.63) is 52.1 Å². The van der Waals surface area contributed by atoms with E-state index >= 15 is 0 Å². The number of aromatic nitrogens is 2. The molecule has 6 heteroatoms. The third-order valence-corrected chi connectivity index (χ3v) is 3.94. The van der Waals surface area contributed by atoms with E-state index in [1.54, 1.807) is 13.8 Å². The first-order chi connectivity index (χ1) is 11.7. The fourth-order valence-corrected chi connectivity index (χ4v) is 2.45. The first kappa shape index (κ1) is 18.4. The molecule has 0 unspecified atom stereocenters. The maximum absolute atomic E-state index is 12.1. The van der Waals surface area contributed by atoms with Crippen molar-refractivity contribution < 1.29 is 9.53 Å². The molecule has 0 atom stereocenters. The minimum atomic E-state index is -0.600. The Balaban J connectivity index is 2.65. The van der Waals surface area contributed by atoms with Crippen molar-refractivity contribution in [1.82, 2.24) is 9.78 Å². The van der Waals surface area contributed by atoms with Crippen molar-refractivity contribution in [2.24, 2.45) is 0 Å². The summed E-state index contributed by atoms with van der Waals surface area (Å²) in [4.78, 5) is 12.1. The van der Waals surface area contributed by atoms with Crippen LogP contribution in [0.15, 0.2) is 24.3 Å². The fourth-order valence-electron chi connectivity index (χ4n) is 2.45. The second kappa shape index (κ2) is 6.89. The standard InChI is InChI=1S/C19H22N4O2/c1-6-25-18(24)16-12(2)15(11-20)17(21)23(22-16)14-9-7-13(8-10-14)19(3,4)5/h7-10,21H,6H2,1-5H3. The van der Waals surface area contributed by atoms with Gasteiger partial charge in [-0.15, -0.1) is 0 Å². The zero-order chi connectivity index (χ0) is 18.8. The van der Waals surface area contributed by atoms with Crippen LogP contribution in [0.3, 0.4) is 0 Å². The number of benzene rings is 1. The van der Waals surface area contributed by atoms with E-state index in [0.29, 0.717) is 11.3 Å². The maximum Gasteiger partial charge on any atom is 0.359 e. The molecule has 130 valence electrons. The van der Waals surface area contributed by atoms with Gasteiger partial charge in [-0.25, -0.2) is 9.48 Å². The van der Waals surface area contributed by atoms with Gasteiger partial charge in [-0.2, -0.15) is 10.4 Å². The van der Waals surface area contributed by atoms with Crippen LogP contribution in [-0.4, -0.2) is 22.4 Å². The molecule has 6 nitrogen and oxygen atoms in total. The molecule has 1 heterocycles. The van der Waals surface area contributed by atoms with Gasteiger partial charge in [0.15, 0.2) is 11.2 Å². The molecule has 0 spiro atoms. The SMILES string of the molecule is CCOC(=O)c1nn(-c2ccc(C(C)(C)C)cc2)c(=N)c(C#N)c1C. The Morgan fingerprint density at radius 1 is 1.32 bits per heavy atom. The fraction of sp³-hybridized carbons (Fsp3) is 0.368. The van der Waals surface area contributed by atoms with Crippen molar-refractivity contribution >= 4 is 5.97 Å². The van der Waals surface area contributed by atoms with Gasteiger partial charge < -0.3 is 4.74 Å². The molecule has 1 aromatic heterocycles. The van der Waals surface area contributed by atoms with E-state index < -0.39 is 5.97 Å². The summed E-state index contributed by atoms with van der Waals surface area (Å²) in [5.41, 5.74) is 2.21. The van der Waals surface area contributed by atoms with Crippen LogP contribution in [0.1, 0.15) is 54.9 Å². The third-order valence-electron chi connectivity index (χ3n) is 3.94. The number of rotatable bonds is 3. The lowest BCUT2D eigenvalue weighted by molar-refractivity contribution is 0.0516. The van der Waals surface area contributed by atoms with Gasteiger partial charge in [-0.3, -0.25) is 5.41 Å². The number of hydrogen-bond acceptors (Lipinski definition) is 5. The highest BCUT2D eigenvalue weighted by atomic mass is 16.5. The topological polar surface area (TPSA) is 91.8 Å². The number of ether oxygens (including phenoxy) is 1. The molecule has 2 rings (SSSR count). The van der Waals surface area contributed by atoms with E-state index in [1.807, 2.05) is 30.3 Å². The predicted molar refractivity (Wildman–Crippen MR) is 93.5 cm³/mol. The highest BCUT2D eigenvalue weighted by molar-refractivity contribution is 5.89. The lowest BCUT2D eigenvalue weighted by atomic mass is 9.87. The zero-order valence-electron chi connectivity index (χ0n) is 15.2. The Labute approximate surface area is 147 Å². The average molecular weight is 338 g/mol. The summed E-state index contributed by atoms with van der Waals surface area (Å²) in [6.45, 7) is 9.86. The van der Waals surface area contributed by atoms with Crippen LogP contribution in [0.4, 0.5) is 0 Å². The van der Waals surface area contributed by atoms with Crippen LogP contribution in [0.25, 0.3) is 5.69 Å². The van der Waals surface area contributed by atoms with Crippen molar-refractivity contribution in [3.63, 3.8) is 0 Å². The van der Waals surface area contributed by atoms with Crippen molar-refractivity contribution in [1.29, 1.82) is 10.7 Å². The monoisotopic (exact) mass is 338 g/mol. The number of carbonyl (C=O) groups is 1. The molecule has 0 aliphatic rings. The Kier molecular flexibility index (Phi) is 5.07. The quantitative estimate of drug-likeness (QED) is 0.871. The predicted octanol–water partition coefficient (Wildman–Crippen LogP) is 3.01. The number of nitrogens with zero attached hydrogens (tertiary/aromatic N) is 3. The largest absolute Gasteiger partial charge is 0.461 e. The smallest absolute Gasteiger partial charge is 0.359 e. The van der Waals surface area contributed by atoms with Crippen LogP contribution >= 0.6 is 0 Å². The maximum atomic E-state index is 12.1. The molecule has 0 saturated heterocycles. The normalized spacial score (nSPS) is 11.0. The molecule has 0 aliphatic heterocycles. The Bertz CT molecular complexity index is 897.